The van der Waals surface area contributed by atoms with Crippen LogP contribution in [-0.2, 0) is 5.41 Å². The van der Waals surface area contributed by atoms with Gasteiger partial charge in [-0.25, -0.2) is 0 Å². The zero-order valence-corrected chi connectivity index (χ0v) is 21.7. The molecule has 0 fully saturated rings. The third kappa shape index (κ3) is 6.94. The van der Waals surface area contributed by atoms with E-state index in [-0.39, 0.29) is 18.2 Å². The maximum atomic E-state index is 13.2. The van der Waals surface area contributed by atoms with E-state index in [0.717, 1.165) is 54.1 Å². The Balaban J connectivity index is 0.00000408. The average Bonchev–Trinajstić information content (AvgIpc) is 2.86. The second-order valence-corrected chi connectivity index (χ2v) is 8.87. The zero-order chi connectivity index (χ0) is 23.7. The minimum Gasteiger partial charge on any atom is -0.493 e. The molecule has 0 saturated carbocycles. The molecule has 3 nitrogen and oxygen atoms in total. The molecule has 1 unspecified atom stereocenters. The summed E-state index contributed by atoms with van der Waals surface area (Å²) < 4.78 is 6.11. The van der Waals surface area contributed by atoms with Crippen LogP contribution in [0.5, 0.6) is 5.75 Å². The van der Waals surface area contributed by atoms with Crippen LogP contribution in [0.3, 0.4) is 0 Å². The zero-order valence-electron chi connectivity index (χ0n) is 20.9. The first kappa shape index (κ1) is 27.6. The predicted octanol–water partition coefficient (Wildman–Crippen LogP) is 7.11. The van der Waals surface area contributed by atoms with Crippen LogP contribution in [0, 0.1) is 6.92 Å². The number of rotatable bonds is 12. The molecule has 1 atom stereocenters. The normalized spacial score (nSPS) is 12.6. The number of halogens is 1. The predicted molar refractivity (Wildman–Crippen MR) is 145 cm³/mol. The van der Waals surface area contributed by atoms with Gasteiger partial charge in [0.2, 0.25) is 0 Å². The van der Waals surface area contributed by atoms with E-state index in [2.05, 4.69) is 62.9 Å². The molecule has 0 N–H and O–H groups in total. The van der Waals surface area contributed by atoms with E-state index in [1.54, 1.807) is 0 Å². The molecule has 0 amide bonds. The smallest absolute Gasteiger partial charge is 0.164 e. The van der Waals surface area contributed by atoms with Crippen molar-refractivity contribution in [1.82, 2.24) is 4.90 Å². The number of carbonyl (C=O) groups is 1. The van der Waals surface area contributed by atoms with E-state index < -0.39 is 5.41 Å². The third-order valence-corrected chi connectivity index (χ3v) is 6.60. The first-order valence-corrected chi connectivity index (χ1v) is 12.1. The monoisotopic (exact) mass is 479 g/mol. The van der Waals surface area contributed by atoms with Gasteiger partial charge in [0.05, 0.1) is 6.61 Å². The van der Waals surface area contributed by atoms with Crippen molar-refractivity contribution in [2.75, 3.05) is 26.2 Å². The lowest BCUT2D eigenvalue weighted by Crippen LogP contribution is -2.27. The SMILES string of the molecule is CCN(CC)CCCOc1ccc(C(C)(CC(=O)c2ccccc2)c2ccccc2)cc1C.Cl. The van der Waals surface area contributed by atoms with Crippen molar-refractivity contribution < 1.29 is 9.53 Å². The number of hydrogen-bond acceptors (Lipinski definition) is 3. The lowest BCUT2D eigenvalue weighted by Gasteiger charge is -2.31. The number of carbonyl (C=O) groups excluding carboxylic acids is 1. The summed E-state index contributed by atoms with van der Waals surface area (Å²) in [5, 5.41) is 0. The molecule has 4 heteroatoms. The molecule has 0 aromatic heterocycles. The lowest BCUT2D eigenvalue weighted by molar-refractivity contribution is 0.0962. The second-order valence-electron chi connectivity index (χ2n) is 8.87. The van der Waals surface area contributed by atoms with Crippen LogP contribution < -0.4 is 4.74 Å². The van der Waals surface area contributed by atoms with Gasteiger partial charge in [-0.15, -0.1) is 12.4 Å². The minimum atomic E-state index is -0.430. The molecule has 0 aliphatic rings. The van der Waals surface area contributed by atoms with Gasteiger partial charge < -0.3 is 9.64 Å². The van der Waals surface area contributed by atoms with Crippen LogP contribution in [0.2, 0.25) is 0 Å². The molecule has 3 aromatic carbocycles. The number of aryl methyl sites for hydroxylation is 1. The van der Waals surface area contributed by atoms with Crippen molar-refractivity contribution in [3.05, 3.63) is 101 Å². The van der Waals surface area contributed by atoms with E-state index in [9.17, 15) is 4.79 Å². The topological polar surface area (TPSA) is 29.5 Å². The Bertz CT molecular complexity index is 1020. The molecule has 3 rings (SSSR count). The quantitative estimate of drug-likeness (QED) is 0.205. The summed E-state index contributed by atoms with van der Waals surface area (Å²) in [6.45, 7) is 12.6. The van der Waals surface area contributed by atoms with Crippen LogP contribution >= 0.6 is 12.4 Å². The fraction of sp³-hybridized carbons (Fsp3) is 0.367. The summed E-state index contributed by atoms with van der Waals surface area (Å²) in [7, 11) is 0. The first-order valence-electron chi connectivity index (χ1n) is 12.1. The van der Waals surface area contributed by atoms with Crippen molar-refractivity contribution in [3.8, 4) is 5.75 Å². The van der Waals surface area contributed by atoms with Crippen molar-refractivity contribution in [2.24, 2.45) is 0 Å². The van der Waals surface area contributed by atoms with Crippen molar-refractivity contribution in [2.45, 2.75) is 46.0 Å². The van der Waals surface area contributed by atoms with Gasteiger partial charge in [-0.05, 0) is 49.2 Å². The molecule has 3 aromatic rings. The molecule has 0 aliphatic heterocycles. The third-order valence-electron chi connectivity index (χ3n) is 6.60. The molecule has 34 heavy (non-hydrogen) atoms. The summed E-state index contributed by atoms with van der Waals surface area (Å²) >= 11 is 0. The Labute approximate surface area is 211 Å². The van der Waals surface area contributed by atoms with Gasteiger partial charge in [0.1, 0.15) is 5.75 Å². The van der Waals surface area contributed by atoms with Crippen LogP contribution in [0.1, 0.15) is 60.7 Å². The average molecular weight is 480 g/mol. The lowest BCUT2D eigenvalue weighted by atomic mass is 9.72. The summed E-state index contributed by atoms with van der Waals surface area (Å²) in [5.74, 6) is 1.07. The number of nitrogens with zero attached hydrogens (tertiary/aromatic N) is 1. The van der Waals surface area contributed by atoms with Gasteiger partial charge in [0.25, 0.3) is 0 Å². The van der Waals surface area contributed by atoms with Crippen molar-refractivity contribution >= 4 is 18.2 Å². The fourth-order valence-corrected chi connectivity index (χ4v) is 4.39. The second kappa shape index (κ2) is 13.3. The number of ether oxygens (including phenoxy) is 1. The number of ketones is 1. The molecule has 0 aliphatic carbocycles. The number of hydrogen-bond donors (Lipinski definition) is 0. The molecule has 0 saturated heterocycles. The van der Waals surface area contributed by atoms with E-state index in [1.807, 2.05) is 48.5 Å². The van der Waals surface area contributed by atoms with Crippen LogP contribution in [0.15, 0.2) is 78.9 Å². The van der Waals surface area contributed by atoms with Gasteiger partial charge in [0, 0.05) is 23.9 Å². The van der Waals surface area contributed by atoms with E-state index >= 15 is 0 Å². The minimum absolute atomic E-state index is 0. The Morgan fingerprint density at radius 2 is 1.50 bits per heavy atom. The number of benzene rings is 3. The highest BCUT2D eigenvalue weighted by molar-refractivity contribution is 5.97. The molecule has 182 valence electrons. The van der Waals surface area contributed by atoms with Crippen LogP contribution in [0.25, 0.3) is 0 Å². The van der Waals surface area contributed by atoms with Crippen LogP contribution in [-0.4, -0.2) is 36.9 Å². The molecule has 0 bridgehead atoms. The first-order chi connectivity index (χ1) is 16.0. The molecule has 0 radical (unpaired) electrons. The van der Waals surface area contributed by atoms with Gasteiger partial charge in [0.15, 0.2) is 5.78 Å². The summed E-state index contributed by atoms with van der Waals surface area (Å²) in [5.41, 5.74) is 3.70. The summed E-state index contributed by atoms with van der Waals surface area (Å²) in [6.07, 6.45) is 1.42. The highest BCUT2D eigenvalue weighted by Gasteiger charge is 2.32. The Morgan fingerprint density at radius 3 is 2.09 bits per heavy atom. The molecular formula is C30H38ClNO2. The van der Waals surface area contributed by atoms with Crippen molar-refractivity contribution in [3.63, 3.8) is 0 Å². The van der Waals surface area contributed by atoms with E-state index in [1.165, 1.54) is 0 Å². The largest absolute Gasteiger partial charge is 0.493 e. The summed E-state index contributed by atoms with van der Waals surface area (Å²) in [6, 6.07) is 26.3. The van der Waals surface area contributed by atoms with Crippen molar-refractivity contribution in [1.29, 1.82) is 0 Å². The Hall–Kier alpha value is -2.62. The molecule has 0 heterocycles. The van der Waals surface area contributed by atoms with E-state index in [0.29, 0.717) is 13.0 Å². The van der Waals surface area contributed by atoms with Gasteiger partial charge in [-0.3, -0.25) is 4.79 Å². The maximum Gasteiger partial charge on any atom is 0.164 e. The Kier molecular flexibility index (Phi) is 10.8. The summed E-state index contributed by atoms with van der Waals surface area (Å²) in [4.78, 5) is 15.6. The van der Waals surface area contributed by atoms with Gasteiger partial charge in [-0.2, -0.15) is 0 Å². The van der Waals surface area contributed by atoms with Gasteiger partial charge >= 0.3 is 0 Å². The van der Waals surface area contributed by atoms with Crippen LogP contribution in [0.4, 0.5) is 0 Å². The van der Waals surface area contributed by atoms with E-state index in [4.69, 9.17) is 4.74 Å². The number of Topliss-reactive ketones (excluding diaryl/α,β-unsaturated/α-hetero) is 1. The standard InChI is InChI=1S/C30H37NO2.ClH/c1-5-31(6-2)20-13-21-33-29-19-18-27(22-24(29)3)30(4,26-16-11-8-12-17-26)23-28(32)25-14-9-7-10-15-25;/h7-12,14-19,22H,5-6,13,20-21,23H2,1-4H3;1H. The Morgan fingerprint density at radius 1 is 0.882 bits per heavy atom. The highest BCUT2D eigenvalue weighted by atomic mass is 35.5. The van der Waals surface area contributed by atoms with Gasteiger partial charge in [-0.1, -0.05) is 93.6 Å². The maximum absolute atomic E-state index is 13.2. The highest BCUT2D eigenvalue weighted by Crippen LogP contribution is 2.38. The molecule has 0 spiro atoms. The fourth-order valence-electron chi connectivity index (χ4n) is 4.39. The molecular weight excluding hydrogens is 442 g/mol.